The van der Waals surface area contributed by atoms with Gasteiger partial charge in [-0.15, -0.1) is 0 Å². The quantitative estimate of drug-likeness (QED) is 0.492. The van der Waals surface area contributed by atoms with Gasteiger partial charge >= 0.3 is 5.82 Å². The van der Waals surface area contributed by atoms with Gasteiger partial charge in [-0.25, -0.2) is 15.0 Å². The summed E-state index contributed by atoms with van der Waals surface area (Å²) in [6, 6.07) is 7.54. The maximum absolute atomic E-state index is 10.7. The number of H-pyrrole nitrogens is 1. The van der Waals surface area contributed by atoms with E-state index in [2.05, 4.69) is 26.6 Å². The third-order valence-corrected chi connectivity index (χ3v) is 3.64. The molecule has 1 aliphatic rings. The molecule has 9 heteroatoms. The first-order valence-electron chi connectivity index (χ1n) is 7.42. The first-order valence-corrected chi connectivity index (χ1v) is 7.42. The minimum Gasteiger partial charge on any atom is -0.459 e. The number of nitro groups is 1. The number of nitrogens with one attached hydrogen (secondary N) is 1. The summed E-state index contributed by atoms with van der Waals surface area (Å²) in [4.78, 5) is 22.7. The number of aromatic nitrogens is 2. The van der Waals surface area contributed by atoms with E-state index < -0.39 is 11.2 Å². The van der Waals surface area contributed by atoms with E-state index in [-0.39, 0.29) is 11.6 Å². The summed E-state index contributed by atoms with van der Waals surface area (Å²) < 4.78 is 11.0. The number of nitrogens with zero attached hydrogens (tertiary/aromatic N) is 4. The van der Waals surface area contributed by atoms with Crippen LogP contribution in [-0.4, -0.2) is 47.9 Å². The van der Waals surface area contributed by atoms with Crippen molar-refractivity contribution in [1.29, 1.82) is 0 Å². The molecule has 0 aliphatic carbocycles. The molecule has 1 aromatic carbocycles. The van der Waals surface area contributed by atoms with Crippen LogP contribution in [0.5, 0.6) is 5.75 Å². The number of hydrogen-bond donors (Lipinski definition) is 1. The van der Waals surface area contributed by atoms with Crippen LogP contribution in [0.1, 0.15) is 12.1 Å². The number of imidazole rings is 1. The number of hydrogen-bond acceptors (Lipinski definition) is 7. The van der Waals surface area contributed by atoms with E-state index in [1.54, 1.807) is 0 Å². The normalized spacial score (nSPS) is 15.8. The summed E-state index contributed by atoms with van der Waals surface area (Å²) in [5.41, 5.74) is 1.09. The molecule has 2 heterocycles. The molecule has 1 atom stereocenters. The Morgan fingerprint density at radius 3 is 2.67 bits per heavy atom. The highest BCUT2D eigenvalue weighted by Gasteiger charge is 2.21. The molecule has 0 saturated carbocycles. The van der Waals surface area contributed by atoms with Crippen molar-refractivity contribution in [2.75, 3.05) is 31.2 Å². The second kappa shape index (κ2) is 7.09. The molecule has 0 spiro atoms. The number of rotatable bonds is 6. The third-order valence-electron chi connectivity index (χ3n) is 3.64. The molecule has 0 radical (unpaired) electrons. The molecule has 9 nitrogen and oxygen atoms in total. The van der Waals surface area contributed by atoms with Gasteiger partial charge in [-0.1, -0.05) is 0 Å². The molecular formula is C15H17N5O4. The van der Waals surface area contributed by atoms with E-state index in [1.165, 1.54) is 0 Å². The highest BCUT2D eigenvalue weighted by atomic mass is 16.6. The highest BCUT2D eigenvalue weighted by molar-refractivity contribution is 5.49. The Kier molecular flexibility index (Phi) is 4.71. The molecule has 1 fully saturated rings. The molecule has 1 saturated heterocycles. The van der Waals surface area contributed by atoms with E-state index in [9.17, 15) is 10.1 Å². The van der Waals surface area contributed by atoms with Gasteiger partial charge in [-0.3, -0.25) is 0 Å². The van der Waals surface area contributed by atoms with Crippen LogP contribution in [-0.2, 0) is 4.74 Å². The lowest BCUT2D eigenvalue weighted by atomic mass is 10.2. The average Bonchev–Trinajstić information content (AvgIpc) is 3.11. The number of aliphatic imine (C=N–C) groups is 1. The van der Waals surface area contributed by atoms with Crippen molar-refractivity contribution in [2.45, 2.75) is 6.23 Å². The molecule has 126 valence electrons. The molecule has 3 rings (SSSR count). The zero-order valence-electron chi connectivity index (χ0n) is 12.9. The maximum Gasteiger partial charge on any atom is 0.340 e. The van der Waals surface area contributed by atoms with E-state index in [1.807, 2.05) is 24.3 Å². The van der Waals surface area contributed by atoms with E-state index in [0.29, 0.717) is 5.75 Å². The van der Waals surface area contributed by atoms with Crippen molar-refractivity contribution < 1.29 is 14.4 Å². The van der Waals surface area contributed by atoms with Gasteiger partial charge in [-0.05, 0) is 35.9 Å². The van der Waals surface area contributed by atoms with Crippen LogP contribution in [0.25, 0.3) is 0 Å². The van der Waals surface area contributed by atoms with Gasteiger partial charge in [0, 0.05) is 18.8 Å². The Labute approximate surface area is 138 Å². The van der Waals surface area contributed by atoms with Crippen LogP contribution in [0.15, 0.2) is 35.5 Å². The van der Waals surface area contributed by atoms with Crippen molar-refractivity contribution in [1.82, 2.24) is 9.97 Å². The van der Waals surface area contributed by atoms with Crippen molar-refractivity contribution in [2.24, 2.45) is 4.99 Å². The summed E-state index contributed by atoms with van der Waals surface area (Å²) in [5.74, 6) is 0.585. The van der Waals surface area contributed by atoms with E-state index >= 15 is 0 Å². The molecule has 1 aliphatic heterocycles. The first-order chi connectivity index (χ1) is 11.7. The predicted octanol–water partition coefficient (Wildman–Crippen LogP) is 1.93. The zero-order valence-corrected chi connectivity index (χ0v) is 12.9. The van der Waals surface area contributed by atoms with Crippen molar-refractivity contribution >= 4 is 18.2 Å². The van der Waals surface area contributed by atoms with Gasteiger partial charge < -0.3 is 24.5 Å². The van der Waals surface area contributed by atoms with Crippen LogP contribution < -0.4 is 9.64 Å². The summed E-state index contributed by atoms with van der Waals surface area (Å²) in [6.45, 7) is 6.60. The summed E-state index contributed by atoms with van der Waals surface area (Å²) in [7, 11) is 0. The zero-order chi connectivity index (χ0) is 16.9. The number of aromatic amines is 1. The van der Waals surface area contributed by atoms with Crippen LogP contribution in [0, 0.1) is 10.1 Å². The Hall–Kier alpha value is -2.94. The number of ether oxygens (including phenoxy) is 2. The van der Waals surface area contributed by atoms with Crippen LogP contribution >= 0.6 is 0 Å². The van der Waals surface area contributed by atoms with Crippen molar-refractivity contribution in [3.63, 3.8) is 0 Å². The molecule has 1 aromatic heterocycles. The molecular weight excluding hydrogens is 314 g/mol. The van der Waals surface area contributed by atoms with E-state index in [0.717, 1.165) is 38.2 Å². The largest absolute Gasteiger partial charge is 0.459 e. The summed E-state index contributed by atoms with van der Waals surface area (Å²) in [6.07, 6.45) is 0.284. The molecule has 24 heavy (non-hydrogen) atoms. The van der Waals surface area contributed by atoms with Crippen molar-refractivity contribution in [3.05, 3.63) is 46.4 Å². The second-order valence-corrected chi connectivity index (χ2v) is 5.16. The smallest absolute Gasteiger partial charge is 0.340 e. The lowest BCUT2D eigenvalue weighted by Crippen LogP contribution is -2.36. The minimum atomic E-state index is -0.840. The Balaban J connectivity index is 1.68. The first kappa shape index (κ1) is 15.9. The second-order valence-electron chi connectivity index (χ2n) is 5.16. The fourth-order valence-electron chi connectivity index (χ4n) is 2.41. The SMILES string of the molecule is C=NC(Oc1ccc(N2CCOCC2)cc1)c1ncc([N+](=O)[O-])[nH]1. The Bertz CT molecular complexity index is 709. The fourth-order valence-corrected chi connectivity index (χ4v) is 2.41. The van der Waals surface area contributed by atoms with E-state index in [4.69, 9.17) is 9.47 Å². The average molecular weight is 331 g/mol. The Morgan fingerprint density at radius 2 is 2.08 bits per heavy atom. The molecule has 0 bridgehead atoms. The summed E-state index contributed by atoms with van der Waals surface area (Å²) >= 11 is 0. The molecule has 1 N–H and O–H groups in total. The van der Waals surface area contributed by atoms with Crippen LogP contribution in [0.2, 0.25) is 0 Å². The van der Waals surface area contributed by atoms with Crippen LogP contribution in [0.4, 0.5) is 11.5 Å². The lowest BCUT2D eigenvalue weighted by molar-refractivity contribution is -0.389. The van der Waals surface area contributed by atoms with Crippen LogP contribution in [0.3, 0.4) is 0 Å². The minimum absolute atomic E-state index is 0.218. The van der Waals surface area contributed by atoms with Gasteiger partial charge in [-0.2, -0.15) is 0 Å². The van der Waals surface area contributed by atoms with Gasteiger partial charge in [0.15, 0.2) is 0 Å². The lowest BCUT2D eigenvalue weighted by Gasteiger charge is -2.28. The highest BCUT2D eigenvalue weighted by Crippen LogP contribution is 2.25. The standard InChI is InChI=1S/C15H17N5O4/c1-16-15(14-17-10-13(18-14)20(21)22)24-12-4-2-11(3-5-12)19-6-8-23-9-7-19/h2-5,10,15H,1,6-9H2,(H,17,18). The monoisotopic (exact) mass is 331 g/mol. The topological polar surface area (TPSA) is 106 Å². The molecule has 0 amide bonds. The summed E-state index contributed by atoms with van der Waals surface area (Å²) in [5, 5.41) is 10.7. The van der Waals surface area contributed by atoms with Gasteiger partial charge in [0.25, 0.3) is 12.1 Å². The number of anilines is 1. The van der Waals surface area contributed by atoms with Gasteiger partial charge in [0.05, 0.1) is 13.2 Å². The Morgan fingerprint density at radius 1 is 1.38 bits per heavy atom. The third kappa shape index (κ3) is 3.51. The predicted molar refractivity (Wildman–Crippen MR) is 87.6 cm³/mol. The van der Waals surface area contributed by atoms with Gasteiger partial charge in [0.1, 0.15) is 11.9 Å². The van der Waals surface area contributed by atoms with Crippen molar-refractivity contribution in [3.8, 4) is 5.75 Å². The molecule has 2 aromatic rings. The molecule has 1 unspecified atom stereocenters. The van der Waals surface area contributed by atoms with Gasteiger partial charge in [0.2, 0.25) is 0 Å². The fraction of sp³-hybridized carbons (Fsp3) is 0.333. The number of morpholine rings is 1. The maximum atomic E-state index is 10.7. The number of benzene rings is 1.